The van der Waals surface area contributed by atoms with Gasteiger partial charge in [0, 0.05) is 39.8 Å². The van der Waals surface area contributed by atoms with E-state index in [1.165, 1.54) is 10.1 Å². The molecule has 164 valence electrons. The molecule has 1 aliphatic rings. The third-order valence-corrected chi connectivity index (χ3v) is 5.85. The molecule has 0 unspecified atom stereocenters. The van der Waals surface area contributed by atoms with Gasteiger partial charge in [0.2, 0.25) is 5.95 Å². The Morgan fingerprint density at radius 2 is 1.84 bits per heavy atom. The third-order valence-electron chi connectivity index (χ3n) is 5.85. The molecular formula is C23H30N6O2. The number of nitrogens with one attached hydrogen (secondary N) is 1. The zero-order valence-corrected chi connectivity index (χ0v) is 18.3. The van der Waals surface area contributed by atoms with E-state index >= 15 is 0 Å². The van der Waals surface area contributed by atoms with E-state index in [9.17, 15) is 9.59 Å². The van der Waals surface area contributed by atoms with Gasteiger partial charge in [0.15, 0.2) is 11.2 Å². The lowest BCUT2D eigenvalue weighted by molar-refractivity contribution is 0.253. The Morgan fingerprint density at radius 1 is 1.13 bits per heavy atom. The number of fused-ring (bicyclic) bond motifs is 1. The van der Waals surface area contributed by atoms with Gasteiger partial charge in [-0.15, -0.1) is 0 Å². The molecule has 4 rings (SSSR count). The standard InChI is InChI=1S/C23H30N6O2/c1-17(2)16-29-19-20(26(3)23(31)25-21(19)30)24-22(29)28-14-12-27(13-15-28)11-7-10-18-8-5-4-6-9-18/h4-6,8-9H,1,7,10-16H2,2-3H3,(H,25,30,31). The van der Waals surface area contributed by atoms with Crippen molar-refractivity contribution in [3.05, 3.63) is 68.9 Å². The second kappa shape index (κ2) is 8.93. The zero-order chi connectivity index (χ0) is 22.0. The number of aromatic nitrogens is 4. The predicted molar refractivity (Wildman–Crippen MR) is 124 cm³/mol. The van der Waals surface area contributed by atoms with Crippen molar-refractivity contribution in [2.24, 2.45) is 7.05 Å². The van der Waals surface area contributed by atoms with Gasteiger partial charge in [-0.2, -0.15) is 4.98 Å². The lowest BCUT2D eigenvalue weighted by atomic mass is 10.1. The Hall–Kier alpha value is -3.13. The number of allylic oxidation sites excluding steroid dienone is 1. The van der Waals surface area contributed by atoms with Gasteiger partial charge in [-0.25, -0.2) is 4.79 Å². The van der Waals surface area contributed by atoms with Crippen molar-refractivity contribution in [3.63, 3.8) is 0 Å². The number of anilines is 1. The second-order valence-electron chi connectivity index (χ2n) is 8.36. The maximum atomic E-state index is 12.6. The highest BCUT2D eigenvalue weighted by molar-refractivity contribution is 5.74. The number of aryl methyl sites for hydroxylation is 2. The van der Waals surface area contributed by atoms with Gasteiger partial charge < -0.3 is 9.47 Å². The molecule has 2 aromatic heterocycles. The summed E-state index contributed by atoms with van der Waals surface area (Å²) >= 11 is 0. The van der Waals surface area contributed by atoms with Crippen LogP contribution < -0.4 is 16.1 Å². The van der Waals surface area contributed by atoms with E-state index in [-0.39, 0.29) is 0 Å². The Kier molecular flexibility index (Phi) is 6.08. The molecule has 0 aliphatic carbocycles. The minimum absolute atomic E-state index is 0.405. The number of piperazine rings is 1. The first-order chi connectivity index (χ1) is 14.9. The van der Waals surface area contributed by atoms with Crippen LogP contribution in [0, 0.1) is 0 Å². The molecule has 1 saturated heterocycles. The van der Waals surface area contributed by atoms with Gasteiger partial charge in [-0.1, -0.05) is 42.5 Å². The van der Waals surface area contributed by atoms with Crippen molar-refractivity contribution in [2.45, 2.75) is 26.3 Å². The molecule has 3 aromatic rings. The molecule has 1 N–H and O–H groups in total. The van der Waals surface area contributed by atoms with Crippen molar-refractivity contribution in [3.8, 4) is 0 Å². The summed E-state index contributed by atoms with van der Waals surface area (Å²) in [5.41, 5.74) is 2.28. The number of hydrogen-bond donors (Lipinski definition) is 1. The highest BCUT2D eigenvalue weighted by Crippen LogP contribution is 2.22. The van der Waals surface area contributed by atoms with E-state index in [1.54, 1.807) is 7.05 Å². The number of hydrogen-bond acceptors (Lipinski definition) is 5. The number of rotatable bonds is 7. The number of nitrogens with zero attached hydrogens (tertiary/aromatic N) is 5. The fraction of sp³-hybridized carbons (Fsp3) is 0.435. The van der Waals surface area contributed by atoms with Crippen molar-refractivity contribution >= 4 is 17.1 Å². The quantitative estimate of drug-likeness (QED) is 0.587. The van der Waals surface area contributed by atoms with Gasteiger partial charge in [0.05, 0.1) is 0 Å². The minimum Gasteiger partial charge on any atom is -0.340 e. The SMILES string of the molecule is C=C(C)Cn1c(N2CCN(CCCc3ccccc3)CC2)nc2c1c(=O)[nH]c(=O)n2C. The molecule has 0 radical (unpaired) electrons. The zero-order valence-electron chi connectivity index (χ0n) is 18.3. The van der Waals surface area contributed by atoms with Crippen molar-refractivity contribution in [1.82, 2.24) is 24.0 Å². The van der Waals surface area contributed by atoms with Crippen LogP contribution in [0.3, 0.4) is 0 Å². The molecule has 8 heteroatoms. The molecule has 3 heterocycles. The third kappa shape index (κ3) is 4.49. The largest absolute Gasteiger partial charge is 0.340 e. The van der Waals surface area contributed by atoms with Crippen LogP contribution in [-0.4, -0.2) is 56.7 Å². The number of imidazole rings is 1. The van der Waals surface area contributed by atoms with Crippen LogP contribution in [0.4, 0.5) is 5.95 Å². The van der Waals surface area contributed by atoms with Gasteiger partial charge in [0.25, 0.3) is 5.56 Å². The van der Waals surface area contributed by atoms with Crippen LogP contribution in [0.15, 0.2) is 52.1 Å². The molecule has 8 nitrogen and oxygen atoms in total. The Labute approximate surface area is 181 Å². The van der Waals surface area contributed by atoms with Crippen LogP contribution in [-0.2, 0) is 20.0 Å². The first-order valence-electron chi connectivity index (χ1n) is 10.8. The highest BCUT2D eigenvalue weighted by atomic mass is 16.2. The second-order valence-corrected chi connectivity index (χ2v) is 8.36. The fourth-order valence-electron chi connectivity index (χ4n) is 4.21. The van der Waals surface area contributed by atoms with Gasteiger partial charge >= 0.3 is 5.69 Å². The lowest BCUT2D eigenvalue weighted by Crippen LogP contribution is -2.47. The van der Waals surface area contributed by atoms with Gasteiger partial charge in [0.1, 0.15) is 0 Å². The van der Waals surface area contributed by atoms with Crippen molar-refractivity contribution < 1.29 is 0 Å². The summed E-state index contributed by atoms with van der Waals surface area (Å²) in [6, 6.07) is 10.6. The molecule has 31 heavy (non-hydrogen) atoms. The number of aromatic amines is 1. The predicted octanol–water partition coefficient (Wildman–Crippen LogP) is 1.75. The average molecular weight is 423 g/mol. The van der Waals surface area contributed by atoms with Crippen LogP contribution >= 0.6 is 0 Å². The van der Waals surface area contributed by atoms with Crippen LogP contribution in [0.1, 0.15) is 18.9 Å². The van der Waals surface area contributed by atoms with E-state index in [1.807, 2.05) is 11.5 Å². The average Bonchev–Trinajstić information content (AvgIpc) is 3.12. The van der Waals surface area contributed by atoms with Crippen molar-refractivity contribution in [1.29, 1.82) is 0 Å². The maximum Gasteiger partial charge on any atom is 0.329 e. The smallest absolute Gasteiger partial charge is 0.329 e. The summed E-state index contributed by atoms with van der Waals surface area (Å²) in [5, 5.41) is 0. The van der Waals surface area contributed by atoms with Crippen LogP contribution in [0.2, 0.25) is 0 Å². The number of benzene rings is 1. The first-order valence-corrected chi connectivity index (χ1v) is 10.8. The van der Waals surface area contributed by atoms with E-state index in [0.29, 0.717) is 17.7 Å². The van der Waals surface area contributed by atoms with E-state index < -0.39 is 11.2 Å². The first kappa shape index (κ1) is 21.1. The van der Waals surface area contributed by atoms with Gasteiger partial charge in [-0.05, 0) is 31.9 Å². The molecule has 1 fully saturated rings. The van der Waals surface area contributed by atoms with E-state index in [2.05, 4.69) is 51.7 Å². The Morgan fingerprint density at radius 3 is 2.52 bits per heavy atom. The Balaban J connectivity index is 1.49. The van der Waals surface area contributed by atoms with Gasteiger partial charge in [-0.3, -0.25) is 19.2 Å². The Bertz CT molecular complexity index is 1180. The summed E-state index contributed by atoms with van der Waals surface area (Å²) in [6.45, 7) is 11.0. The minimum atomic E-state index is -0.452. The maximum absolute atomic E-state index is 12.6. The topological polar surface area (TPSA) is 79.2 Å². The number of H-pyrrole nitrogens is 1. The summed E-state index contributed by atoms with van der Waals surface area (Å²) in [4.78, 5) is 36.4. The molecule has 1 aromatic carbocycles. The summed E-state index contributed by atoms with van der Waals surface area (Å²) in [7, 11) is 1.63. The monoisotopic (exact) mass is 422 g/mol. The highest BCUT2D eigenvalue weighted by Gasteiger charge is 2.24. The fourth-order valence-corrected chi connectivity index (χ4v) is 4.21. The molecule has 0 spiro atoms. The summed E-state index contributed by atoms with van der Waals surface area (Å²) in [6.07, 6.45) is 2.22. The molecule has 0 saturated carbocycles. The van der Waals surface area contributed by atoms with Crippen LogP contribution in [0.25, 0.3) is 11.2 Å². The normalized spacial score (nSPS) is 15.0. The van der Waals surface area contributed by atoms with Crippen molar-refractivity contribution in [2.75, 3.05) is 37.6 Å². The summed E-state index contributed by atoms with van der Waals surface area (Å²) in [5.74, 6) is 0.730. The molecular weight excluding hydrogens is 392 g/mol. The lowest BCUT2D eigenvalue weighted by Gasteiger charge is -2.35. The molecule has 0 amide bonds. The van der Waals surface area contributed by atoms with Crippen LogP contribution in [0.5, 0.6) is 0 Å². The summed E-state index contributed by atoms with van der Waals surface area (Å²) < 4.78 is 3.29. The van der Waals surface area contributed by atoms with E-state index in [4.69, 9.17) is 4.98 Å². The van der Waals surface area contributed by atoms with E-state index in [0.717, 1.165) is 57.1 Å². The molecule has 1 aliphatic heterocycles. The molecule has 0 bridgehead atoms. The molecule has 0 atom stereocenters.